The van der Waals surface area contributed by atoms with Crippen LogP contribution in [0.3, 0.4) is 0 Å². The van der Waals surface area contributed by atoms with E-state index in [-0.39, 0.29) is 9.92 Å². The smallest absolute Gasteiger partial charge is 0.143 e. The molecule has 0 bridgehead atoms. The van der Waals surface area contributed by atoms with Crippen LogP contribution in [-0.4, -0.2) is 8.42 Å². The van der Waals surface area contributed by atoms with E-state index >= 15 is 0 Å². The Hall–Kier alpha value is -1.05. The molecule has 5 heteroatoms. The highest BCUT2D eigenvalue weighted by Gasteiger charge is 2.25. The van der Waals surface area contributed by atoms with Crippen LogP contribution >= 0.6 is 11.6 Å². The molecule has 0 saturated heterocycles. The van der Waals surface area contributed by atoms with Crippen LogP contribution in [0, 0.1) is 6.57 Å². The van der Waals surface area contributed by atoms with Gasteiger partial charge in [0.1, 0.15) is 0 Å². The summed E-state index contributed by atoms with van der Waals surface area (Å²) in [6.07, 6.45) is 0. The Morgan fingerprint density at radius 3 is 2.42 bits per heavy atom. The van der Waals surface area contributed by atoms with Crippen molar-refractivity contribution in [2.75, 3.05) is 0 Å². The van der Waals surface area contributed by atoms with E-state index in [1.807, 2.05) is 0 Å². The monoisotopic (exact) mass is 202 g/mol. The third kappa shape index (κ3) is 1.58. The van der Waals surface area contributed by atoms with E-state index in [4.69, 9.17) is 11.6 Å². The fourth-order valence-corrected chi connectivity index (χ4v) is 1.82. The average Bonchev–Trinajstić information content (AvgIpc) is 2.05. The molecule has 0 aromatic heterocycles. The van der Waals surface area contributed by atoms with Crippen molar-refractivity contribution in [3.05, 3.63) is 33.5 Å². The molecule has 0 atom stereocenters. The van der Waals surface area contributed by atoms with Gasteiger partial charge in [-0.1, -0.05) is 23.7 Å². The standard InChI is InChI=1S/C7H5ClNO2S/c1-9-12(10,11)7-5-3-2-4-6(7)8/h1-5H/q+1. The third-order valence-electron chi connectivity index (χ3n) is 1.25. The van der Waals surface area contributed by atoms with E-state index < -0.39 is 10.0 Å². The number of hydrogen-bond donors (Lipinski definition) is 0. The second-order valence-electron chi connectivity index (χ2n) is 2.01. The summed E-state index contributed by atoms with van der Waals surface area (Å²) in [5.74, 6) is 0. The lowest BCUT2D eigenvalue weighted by molar-refractivity contribution is 0.604. The van der Waals surface area contributed by atoms with Crippen molar-refractivity contribution in [1.29, 1.82) is 0 Å². The van der Waals surface area contributed by atoms with Gasteiger partial charge in [-0.05, 0) is 12.1 Å². The van der Waals surface area contributed by atoms with Crippen LogP contribution in [-0.2, 0) is 10.0 Å². The van der Waals surface area contributed by atoms with Gasteiger partial charge in [-0.25, -0.2) is 0 Å². The van der Waals surface area contributed by atoms with Crippen molar-refractivity contribution in [2.24, 2.45) is 0 Å². The van der Waals surface area contributed by atoms with Gasteiger partial charge in [0.15, 0.2) is 4.90 Å². The van der Waals surface area contributed by atoms with Gasteiger partial charge < -0.3 is 0 Å². The van der Waals surface area contributed by atoms with Crippen molar-refractivity contribution in [2.45, 2.75) is 4.90 Å². The molecule has 1 aromatic carbocycles. The molecule has 0 saturated carbocycles. The molecule has 0 aliphatic carbocycles. The third-order valence-corrected chi connectivity index (χ3v) is 2.88. The highest BCUT2D eigenvalue weighted by atomic mass is 35.5. The van der Waals surface area contributed by atoms with E-state index in [1.54, 1.807) is 12.1 Å². The molecule has 1 aromatic rings. The SMILES string of the molecule is C#[N+]S(=O)(=O)c1ccccc1Cl. The average molecular weight is 203 g/mol. The summed E-state index contributed by atoms with van der Waals surface area (Å²) in [5, 5.41) is 0.117. The Labute approximate surface area is 75.5 Å². The normalized spacial score (nSPS) is 10.7. The molecular formula is C7H5ClNO2S+. The van der Waals surface area contributed by atoms with Crippen LogP contribution in [0.2, 0.25) is 5.02 Å². The maximum Gasteiger partial charge on any atom is 0.511 e. The zero-order valence-electron chi connectivity index (χ0n) is 5.94. The quantitative estimate of drug-likeness (QED) is 0.699. The Morgan fingerprint density at radius 2 is 1.92 bits per heavy atom. The first-order valence-electron chi connectivity index (χ1n) is 2.99. The van der Waals surface area contributed by atoms with Gasteiger partial charge in [0.2, 0.25) is 0 Å². The van der Waals surface area contributed by atoms with Crippen molar-refractivity contribution in [1.82, 2.24) is 0 Å². The summed E-state index contributed by atoms with van der Waals surface area (Å²) in [4.78, 5) is -0.0748. The second kappa shape index (κ2) is 3.13. The summed E-state index contributed by atoms with van der Waals surface area (Å²) in [6.45, 7) is 4.69. The van der Waals surface area contributed by atoms with Crippen LogP contribution in [0.5, 0.6) is 0 Å². The number of benzene rings is 1. The van der Waals surface area contributed by atoms with E-state index in [2.05, 4.69) is 10.8 Å². The maximum absolute atomic E-state index is 11.0. The number of nitrogens with zero attached hydrogens (tertiary/aromatic N) is 1. The minimum atomic E-state index is -3.76. The fraction of sp³-hybridized carbons (Fsp3) is 0. The molecule has 0 aliphatic rings. The minimum absolute atomic E-state index is 0.0748. The molecule has 12 heavy (non-hydrogen) atoms. The van der Waals surface area contributed by atoms with Gasteiger partial charge in [0.25, 0.3) is 6.57 Å². The largest absolute Gasteiger partial charge is 0.511 e. The Morgan fingerprint density at radius 1 is 1.33 bits per heavy atom. The van der Waals surface area contributed by atoms with Crippen LogP contribution in [0.15, 0.2) is 29.2 Å². The molecule has 1 rings (SSSR count). The van der Waals surface area contributed by atoms with Gasteiger partial charge in [-0.3, -0.25) is 0 Å². The summed E-state index contributed by atoms with van der Waals surface area (Å²) in [5.41, 5.74) is 0. The lowest BCUT2D eigenvalue weighted by atomic mass is 10.4. The van der Waals surface area contributed by atoms with Crippen molar-refractivity contribution >= 4 is 21.6 Å². The molecule has 0 fully saturated rings. The summed E-state index contributed by atoms with van der Waals surface area (Å²) >= 11 is 5.59. The lowest BCUT2D eigenvalue weighted by Crippen LogP contribution is -1.93. The Bertz CT molecular complexity index is 433. The second-order valence-corrected chi connectivity index (χ2v) is 4.02. The van der Waals surface area contributed by atoms with Gasteiger partial charge in [0.05, 0.1) is 9.27 Å². The Kier molecular flexibility index (Phi) is 2.36. The summed E-state index contributed by atoms with van der Waals surface area (Å²) in [6, 6.07) is 5.97. The number of hydrogen-bond acceptors (Lipinski definition) is 2. The van der Waals surface area contributed by atoms with Crippen molar-refractivity contribution in [3.8, 4) is 6.57 Å². The molecule has 0 aliphatic heterocycles. The maximum atomic E-state index is 11.0. The first kappa shape index (κ1) is 9.04. The molecule has 0 radical (unpaired) electrons. The van der Waals surface area contributed by atoms with E-state index in [0.29, 0.717) is 0 Å². The van der Waals surface area contributed by atoms with Gasteiger partial charge >= 0.3 is 10.0 Å². The number of halogens is 1. The van der Waals surface area contributed by atoms with Crippen molar-refractivity contribution < 1.29 is 8.42 Å². The lowest BCUT2D eigenvalue weighted by Gasteiger charge is -1.90. The molecular weight excluding hydrogens is 198 g/mol. The zero-order chi connectivity index (χ0) is 9.19. The predicted octanol–water partition coefficient (Wildman–Crippen LogP) is 1.99. The van der Waals surface area contributed by atoms with Crippen LogP contribution in [0.1, 0.15) is 0 Å². The number of rotatable bonds is 1. The van der Waals surface area contributed by atoms with Gasteiger partial charge in [0, 0.05) is 0 Å². The van der Waals surface area contributed by atoms with Gasteiger partial charge in [-0.2, -0.15) is 0 Å². The predicted molar refractivity (Wildman–Crippen MR) is 46.9 cm³/mol. The summed E-state index contributed by atoms with van der Waals surface area (Å²) in [7, 11) is -3.76. The first-order chi connectivity index (χ1) is 5.58. The highest BCUT2D eigenvalue weighted by Crippen LogP contribution is 2.21. The van der Waals surface area contributed by atoms with Crippen LogP contribution in [0.25, 0.3) is 4.25 Å². The molecule has 0 amide bonds. The van der Waals surface area contributed by atoms with Gasteiger partial charge in [-0.15, -0.1) is 8.42 Å². The summed E-state index contributed by atoms with van der Waals surface area (Å²) < 4.78 is 24.8. The first-order valence-corrected chi connectivity index (χ1v) is 4.81. The van der Waals surface area contributed by atoms with E-state index in [1.165, 1.54) is 12.1 Å². The molecule has 0 heterocycles. The zero-order valence-corrected chi connectivity index (χ0v) is 7.51. The fourth-order valence-electron chi connectivity index (χ4n) is 0.711. The minimum Gasteiger partial charge on any atom is -0.143 e. The van der Waals surface area contributed by atoms with Crippen LogP contribution in [0.4, 0.5) is 0 Å². The topological polar surface area (TPSA) is 38.5 Å². The molecule has 0 N–H and O–H groups in total. The Balaban J connectivity index is 3.43. The van der Waals surface area contributed by atoms with Crippen molar-refractivity contribution in [3.63, 3.8) is 0 Å². The number of sulfonamides is 1. The van der Waals surface area contributed by atoms with Crippen LogP contribution < -0.4 is 0 Å². The molecule has 0 spiro atoms. The highest BCUT2D eigenvalue weighted by molar-refractivity contribution is 7.93. The molecule has 62 valence electrons. The molecule has 0 unspecified atom stereocenters. The van der Waals surface area contributed by atoms with E-state index in [9.17, 15) is 8.42 Å². The molecule has 3 nitrogen and oxygen atoms in total. The van der Waals surface area contributed by atoms with E-state index in [0.717, 1.165) is 0 Å².